The van der Waals surface area contributed by atoms with Crippen molar-refractivity contribution in [3.05, 3.63) is 42.5 Å². The molecule has 3 nitrogen and oxygen atoms in total. The van der Waals surface area contributed by atoms with Crippen molar-refractivity contribution < 1.29 is 9.53 Å². The summed E-state index contributed by atoms with van der Waals surface area (Å²) >= 11 is 0. The number of benzene rings is 2. The molecule has 0 aliphatic heterocycles. The molecule has 122 valence electrons. The Morgan fingerprint density at radius 2 is 1.87 bits per heavy atom. The molecule has 1 atom stereocenters. The number of likely N-dealkylation sites (N-methyl/N-ethyl adjacent to an activating group) is 1. The van der Waals surface area contributed by atoms with E-state index in [0.717, 1.165) is 29.4 Å². The fourth-order valence-corrected chi connectivity index (χ4v) is 3.46. The molecule has 2 aromatic rings. The minimum absolute atomic E-state index is 0.104. The van der Waals surface area contributed by atoms with Gasteiger partial charge in [0.1, 0.15) is 5.75 Å². The molecule has 3 rings (SSSR count). The number of hydrogen-bond acceptors (Lipinski definition) is 2. The maximum absolute atomic E-state index is 12.8. The molecule has 0 saturated heterocycles. The fraction of sp³-hybridized carbons (Fsp3) is 0.450. The normalized spacial score (nSPS) is 16.4. The zero-order chi connectivity index (χ0) is 16.2. The zero-order valence-electron chi connectivity index (χ0n) is 14.0. The quantitative estimate of drug-likeness (QED) is 0.819. The van der Waals surface area contributed by atoms with Crippen LogP contribution >= 0.6 is 0 Å². The summed E-state index contributed by atoms with van der Waals surface area (Å²) in [6.45, 7) is 2.01. The monoisotopic (exact) mass is 311 g/mol. The molecule has 0 aromatic heterocycles. The Hall–Kier alpha value is -2.03. The first-order valence-corrected chi connectivity index (χ1v) is 8.61. The molecule has 2 aromatic carbocycles. The molecular formula is C20H25NO2. The number of carbonyl (C=O) groups is 1. The average Bonchev–Trinajstić information content (AvgIpc) is 3.13. The van der Waals surface area contributed by atoms with Gasteiger partial charge in [-0.05, 0) is 30.7 Å². The highest BCUT2D eigenvalue weighted by atomic mass is 16.5. The van der Waals surface area contributed by atoms with E-state index in [1.165, 1.54) is 12.8 Å². The number of rotatable bonds is 5. The summed E-state index contributed by atoms with van der Waals surface area (Å²) < 4.78 is 6.13. The van der Waals surface area contributed by atoms with E-state index >= 15 is 0 Å². The van der Waals surface area contributed by atoms with E-state index in [9.17, 15) is 4.79 Å². The third-order valence-electron chi connectivity index (χ3n) is 4.89. The van der Waals surface area contributed by atoms with Crippen molar-refractivity contribution in [2.24, 2.45) is 0 Å². The minimum atomic E-state index is -0.411. The first-order valence-electron chi connectivity index (χ1n) is 8.61. The molecule has 0 radical (unpaired) electrons. The fourth-order valence-electron chi connectivity index (χ4n) is 3.46. The van der Waals surface area contributed by atoms with Gasteiger partial charge in [0.15, 0.2) is 6.10 Å². The number of fused-ring (bicyclic) bond motifs is 1. The average molecular weight is 311 g/mol. The summed E-state index contributed by atoms with van der Waals surface area (Å²) in [5.74, 6) is 0.899. The molecule has 0 N–H and O–H groups in total. The van der Waals surface area contributed by atoms with Crippen molar-refractivity contribution in [3.63, 3.8) is 0 Å². The molecule has 3 heteroatoms. The van der Waals surface area contributed by atoms with Crippen LogP contribution in [-0.2, 0) is 4.79 Å². The molecule has 0 unspecified atom stereocenters. The van der Waals surface area contributed by atoms with E-state index < -0.39 is 6.10 Å². The molecule has 0 bridgehead atoms. The van der Waals surface area contributed by atoms with E-state index in [1.807, 2.05) is 49.2 Å². The summed E-state index contributed by atoms with van der Waals surface area (Å²) in [4.78, 5) is 14.7. The second-order valence-electron chi connectivity index (χ2n) is 6.38. The van der Waals surface area contributed by atoms with Crippen molar-refractivity contribution >= 4 is 16.7 Å². The number of nitrogens with zero attached hydrogens (tertiary/aromatic N) is 1. The third-order valence-corrected chi connectivity index (χ3v) is 4.89. The van der Waals surface area contributed by atoms with Gasteiger partial charge in [-0.25, -0.2) is 0 Å². The second kappa shape index (κ2) is 7.03. The van der Waals surface area contributed by atoms with E-state index in [-0.39, 0.29) is 5.91 Å². The lowest BCUT2D eigenvalue weighted by Gasteiger charge is -2.28. The van der Waals surface area contributed by atoms with Crippen LogP contribution < -0.4 is 4.74 Å². The molecule has 0 heterocycles. The first-order chi connectivity index (χ1) is 11.2. The van der Waals surface area contributed by atoms with Gasteiger partial charge in [0.25, 0.3) is 5.91 Å². The Morgan fingerprint density at radius 1 is 1.17 bits per heavy atom. The number of hydrogen-bond donors (Lipinski definition) is 0. The molecule has 1 saturated carbocycles. The van der Waals surface area contributed by atoms with Gasteiger partial charge in [-0.15, -0.1) is 0 Å². The van der Waals surface area contributed by atoms with Crippen LogP contribution in [0.4, 0.5) is 0 Å². The highest BCUT2D eigenvalue weighted by Crippen LogP contribution is 2.28. The Balaban J connectivity index is 1.79. The summed E-state index contributed by atoms with van der Waals surface area (Å²) in [6.07, 6.45) is 4.96. The lowest BCUT2D eigenvalue weighted by Crippen LogP contribution is -2.44. The first kappa shape index (κ1) is 15.9. The minimum Gasteiger partial charge on any atom is -0.480 e. The number of ether oxygens (including phenoxy) is 1. The molecule has 1 aliphatic rings. The highest BCUT2D eigenvalue weighted by molar-refractivity contribution is 5.89. The summed E-state index contributed by atoms with van der Waals surface area (Å²) in [5, 5.41) is 2.20. The van der Waals surface area contributed by atoms with Crippen LogP contribution in [0.3, 0.4) is 0 Å². The van der Waals surface area contributed by atoms with E-state index in [1.54, 1.807) is 0 Å². The second-order valence-corrected chi connectivity index (χ2v) is 6.38. The topological polar surface area (TPSA) is 29.5 Å². The van der Waals surface area contributed by atoms with Crippen molar-refractivity contribution in [1.82, 2.24) is 4.90 Å². The Bertz CT molecular complexity index is 671. The van der Waals surface area contributed by atoms with E-state index in [0.29, 0.717) is 12.5 Å². The van der Waals surface area contributed by atoms with E-state index in [2.05, 4.69) is 12.1 Å². The predicted molar refractivity (Wildman–Crippen MR) is 93.7 cm³/mol. The van der Waals surface area contributed by atoms with Crippen LogP contribution in [0.15, 0.2) is 42.5 Å². The van der Waals surface area contributed by atoms with Crippen LogP contribution in [0.1, 0.15) is 39.0 Å². The number of amides is 1. The van der Waals surface area contributed by atoms with Crippen molar-refractivity contribution in [2.45, 2.75) is 51.2 Å². The van der Waals surface area contributed by atoms with Crippen molar-refractivity contribution in [2.75, 3.05) is 7.05 Å². The standard InChI is InChI=1S/C20H25NO2/c1-3-18(20(22)21(2)16-11-5-6-12-16)23-19-14-8-10-15-9-4-7-13-17(15)19/h4,7-10,13-14,16,18H,3,5-6,11-12H2,1-2H3/t18-/m1/s1. The molecular weight excluding hydrogens is 286 g/mol. The highest BCUT2D eigenvalue weighted by Gasteiger charge is 2.29. The maximum Gasteiger partial charge on any atom is 0.263 e. The zero-order valence-corrected chi connectivity index (χ0v) is 14.0. The van der Waals surface area contributed by atoms with Crippen LogP contribution in [0, 0.1) is 0 Å². The molecule has 0 spiro atoms. The van der Waals surface area contributed by atoms with Crippen LogP contribution in [0.25, 0.3) is 10.8 Å². The maximum atomic E-state index is 12.8. The molecule has 1 amide bonds. The largest absolute Gasteiger partial charge is 0.480 e. The van der Waals surface area contributed by atoms with Gasteiger partial charge >= 0.3 is 0 Å². The molecule has 23 heavy (non-hydrogen) atoms. The Morgan fingerprint density at radius 3 is 2.61 bits per heavy atom. The molecule has 1 aliphatic carbocycles. The molecule has 1 fully saturated rings. The lowest BCUT2D eigenvalue weighted by atomic mass is 10.1. The summed E-state index contributed by atoms with van der Waals surface area (Å²) in [7, 11) is 1.92. The smallest absolute Gasteiger partial charge is 0.263 e. The number of carbonyl (C=O) groups excluding carboxylic acids is 1. The van der Waals surface area contributed by atoms with Gasteiger partial charge in [-0.3, -0.25) is 4.79 Å². The van der Waals surface area contributed by atoms with Gasteiger partial charge in [-0.2, -0.15) is 0 Å². The van der Waals surface area contributed by atoms with E-state index in [4.69, 9.17) is 4.74 Å². The summed E-state index contributed by atoms with van der Waals surface area (Å²) in [6, 6.07) is 14.5. The van der Waals surface area contributed by atoms with Gasteiger partial charge in [0.2, 0.25) is 0 Å². The van der Waals surface area contributed by atoms with Gasteiger partial charge in [-0.1, -0.05) is 56.2 Å². The van der Waals surface area contributed by atoms with Crippen molar-refractivity contribution in [3.8, 4) is 5.75 Å². The third kappa shape index (κ3) is 3.34. The van der Waals surface area contributed by atoms with Crippen LogP contribution in [0.5, 0.6) is 5.75 Å². The van der Waals surface area contributed by atoms with Crippen LogP contribution in [-0.4, -0.2) is 30.0 Å². The van der Waals surface area contributed by atoms with Gasteiger partial charge in [0.05, 0.1) is 0 Å². The van der Waals surface area contributed by atoms with Crippen molar-refractivity contribution in [1.29, 1.82) is 0 Å². The van der Waals surface area contributed by atoms with Crippen LogP contribution in [0.2, 0.25) is 0 Å². The Kier molecular flexibility index (Phi) is 4.85. The predicted octanol–water partition coefficient (Wildman–Crippen LogP) is 4.40. The Labute approximate surface area is 138 Å². The van der Waals surface area contributed by atoms with Gasteiger partial charge < -0.3 is 9.64 Å². The summed E-state index contributed by atoms with van der Waals surface area (Å²) in [5.41, 5.74) is 0. The lowest BCUT2D eigenvalue weighted by molar-refractivity contribution is -0.139. The van der Waals surface area contributed by atoms with Gasteiger partial charge in [0, 0.05) is 18.5 Å². The SMILES string of the molecule is CC[C@@H](Oc1cccc2ccccc12)C(=O)N(C)C1CCCC1.